The number of nitrogens with zero attached hydrogens (tertiary/aromatic N) is 3. The average molecular weight is 389 g/mol. The topological polar surface area (TPSA) is 79.4 Å². The summed E-state index contributed by atoms with van der Waals surface area (Å²) in [5.74, 6) is 0.401. The normalized spacial score (nSPS) is 13.7. The van der Waals surface area contributed by atoms with Gasteiger partial charge in [-0.2, -0.15) is 0 Å². The van der Waals surface area contributed by atoms with Crippen molar-refractivity contribution in [2.45, 2.75) is 6.54 Å². The second-order valence-corrected chi connectivity index (χ2v) is 6.72. The largest absolute Gasteiger partial charge is 0.378 e. The Hall–Kier alpha value is -3.45. The number of hydrogen-bond donors (Lipinski definition) is 2. The first kappa shape index (κ1) is 18.9. The monoisotopic (exact) mass is 389 g/mol. The van der Waals surface area contributed by atoms with Gasteiger partial charge in [-0.25, -0.2) is 4.98 Å². The number of carbonyl (C=O) groups is 1. The number of nitrogens with one attached hydrogen (secondary N) is 2. The van der Waals surface area contributed by atoms with E-state index in [1.54, 1.807) is 18.5 Å². The summed E-state index contributed by atoms with van der Waals surface area (Å²) in [4.78, 5) is 23.2. The van der Waals surface area contributed by atoms with Crippen molar-refractivity contribution in [1.29, 1.82) is 0 Å². The maximum atomic E-state index is 12.4. The Labute approximate surface area is 169 Å². The molecule has 0 unspecified atom stereocenters. The number of pyridine rings is 2. The fourth-order valence-electron chi connectivity index (χ4n) is 3.13. The quantitative estimate of drug-likeness (QED) is 0.675. The van der Waals surface area contributed by atoms with Gasteiger partial charge in [0.2, 0.25) is 0 Å². The van der Waals surface area contributed by atoms with Crippen molar-refractivity contribution in [3.8, 4) is 0 Å². The van der Waals surface area contributed by atoms with Crippen LogP contribution in [-0.4, -0.2) is 42.2 Å². The summed E-state index contributed by atoms with van der Waals surface area (Å²) in [6, 6.07) is 17.3. The molecule has 1 aromatic carbocycles. The van der Waals surface area contributed by atoms with Crippen LogP contribution in [0.2, 0.25) is 0 Å². The summed E-state index contributed by atoms with van der Waals surface area (Å²) < 4.78 is 5.40. The lowest BCUT2D eigenvalue weighted by atomic mass is 10.2. The molecule has 1 aliphatic rings. The molecule has 0 saturated carbocycles. The maximum absolute atomic E-state index is 12.4. The van der Waals surface area contributed by atoms with Crippen LogP contribution in [0.15, 0.2) is 67.0 Å². The number of aromatic nitrogens is 2. The van der Waals surface area contributed by atoms with Gasteiger partial charge in [-0.15, -0.1) is 0 Å². The van der Waals surface area contributed by atoms with Gasteiger partial charge in [0.05, 0.1) is 13.2 Å². The minimum absolute atomic E-state index is 0.222. The second-order valence-electron chi connectivity index (χ2n) is 6.72. The van der Waals surface area contributed by atoms with Gasteiger partial charge in [-0.1, -0.05) is 12.1 Å². The molecule has 148 valence electrons. The van der Waals surface area contributed by atoms with Crippen LogP contribution in [0, 0.1) is 0 Å². The molecule has 0 bridgehead atoms. The second kappa shape index (κ2) is 9.16. The summed E-state index contributed by atoms with van der Waals surface area (Å²) in [5, 5.41) is 6.12. The van der Waals surface area contributed by atoms with E-state index in [0.717, 1.165) is 37.6 Å². The lowest BCUT2D eigenvalue weighted by molar-refractivity contribution is 0.0946. The Kier molecular flexibility index (Phi) is 5.97. The number of rotatable bonds is 6. The Morgan fingerprint density at radius 1 is 1.03 bits per heavy atom. The van der Waals surface area contributed by atoms with E-state index in [4.69, 9.17) is 4.74 Å². The lowest BCUT2D eigenvalue weighted by Crippen LogP contribution is -2.36. The number of ether oxygens (including phenoxy) is 1. The summed E-state index contributed by atoms with van der Waals surface area (Å²) in [6.45, 7) is 3.75. The molecule has 4 rings (SSSR count). The Balaban J connectivity index is 1.37. The first-order chi connectivity index (χ1) is 14.3. The number of hydrogen-bond acceptors (Lipinski definition) is 6. The minimum Gasteiger partial charge on any atom is -0.378 e. The van der Waals surface area contributed by atoms with Crippen molar-refractivity contribution in [1.82, 2.24) is 15.3 Å². The molecule has 3 heterocycles. The Bertz CT molecular complexity index is 941. The van der Waals surface area contributed by atoms with Crippen LogP contribution in [0.3, 0.4) is 0 Å². The molecular formula is C22H23N5O2. The van der Waals surface area contributed by atoms with Gasteiger partial charge in [0.25, 0.3) is 5.91 Å². The highest BCUT2D eigenvalue weighted by Crippen LogP contribution is 2.21. The van der Waals surface area contributed by atoms with Crippen molar-refractivity contribution in [3.63, 3.8) is 0 Å². The molecule has 2 aromatic heterocycles. The smallest absolute Gasteiger partial charge is 0.270 e. The highest BCUT2D eigenvalue weighted by atomic mass is 16.5. The first-order valence-electron chi connectivity index (χ1n) is 9.62. The third-order valence-electron chi connectivity index (χ3n) is 4.67. The summed E-state index contributed by atoms with van der Waals surface area (Å²) >= 11 is 0. The third kappa shape index (κ3) is 5.08. The fraction of sp³-hybridized carbons (Fsp3) is 0.227. The van der Waals surface area contributed by atoms with E-state index in [-0.39, 0.29) is 5.91 Å². The Morgan fingerprint density at radius 2 is 1.86 bits per heavy atom. The molecular weight excluding hydrogens is 366 g/mol. The van der Waals surface area contributed by atoms with Crippen LogP contribution < -0.4 is 15.5 Å². The van der Waals surface area contributed by atoms with Crippen molar-refractivity contribution < 1.29 is 9.53 Å². The number of anilines is 3. The van der Waals surface area contributed by atoms with Gasteiger partial charge in [0.15, 0.2) is 0 Å². The van der Waals surface area contributed by atoms with Crippen molar-refractivity contribution in [3.05, 3.63) is 78.2 Å². The molecule has 0 spiro atoms. The third-order valence-corrected chi connectivity index (χ3v) is 4.67. The zero-order valence-corrected chi connectivity index (χ0v) is 16.0. The predicted octanol–water partition coefficient (Wildman–Crippen LogP) is 2.99. The van der Waals surface area contributed by atoms with Gasteiger partial charge in [-0.3, -0.25) is 9.78 Å². The molecule has 7 nitrogen and oxygen atoms in total. The van der Waals surface area contributed by atoms with Crippen molar-refractivity contribution in [2.75, 3.05) is 36.5 Å². The number of morpholine rings is 1. The lowest BCUT2D eigenvalue weighted by Gasteiger charge is -2.28. The van der Waals surface area contributed by atoms with Crippen LogP contribution in [0.25, 0.3) is 0 Å². The van der Waals surface area contributed by atoms with Crippen molar-refractivity contribution in [2.24, 2.45) is 0 Å². The standard InChI is InChI=1S/C22H23N5O2/c28-22(24-16-17-3-2-10-23-15-17)20-4-1-5-21(26-20)25-18-6-8-19(9-7-18)27-11-13-29-14-12-27/h1-10,15H,11-14,16H2,(H,24,28)(H,25,26). The number of amides is 1. The zero-order chi connectivity index (χ0) is 19.9. The molecule has 0 radical (unpaired) electrons. The van der Waals surface area contributed by atoms with E-state index in [9.17, 15) is 4.79 Å². The van der Waals surface area contributed by atoms with E-state index in [0.29, 0.717) is 18.1 Å². The summed E-state index contributed by atoms with van der Waals surface area (Å²) in [5.41, 5.74) is 3.40. The molecule has 1 fully saturated rings. The van der Waals surface area contributed by atoms with Crippen LogP contribution in [0.1, 0.15) is 16.1 Å². The minimum atomic E-state index is -0.222. The van der Waals surface area contributed by atoms with Crippen LogP contribution in [-0.2, 0) is 11.3 Å². The van der Waals surface area contributed by atoms with Gasteiger partial charge < -0.3 is 20.3 Å². The first-order valence-corrected chi connectivity index (χ1v) is 9.62. The highest BCUT2D eigenvalue weighted by Gasteiger charge is 2.11. The Morgan fingerprint density at radius 3 is 2.62 bits per heavy atom. The molecule has 2 N–H and O–H groups in total. The van der Waals surface area contributed by atoms with E-state index in [1.807, 2.05) is 36.4 Å². The fourth-order valence-corrected chi connectivity index (χ4v) is 3.13. The summed E-state index contributed by atoms with van der Waals surface area (Å²) in [6.07, 6.45) is 3.43. The average Bonchev–Trinajstić information content (AvgIpc) is 2.79. The van der Waals surface area contributed by atoms with Crippen molar-refractivity contribution >= 4 is 23.1 Å². The number of benzene rings is 1. The zero-order valence-electron chi connectivity index (χ0n) is 16.0. The molecule has 3 aromatic rings. The molecule has 0 aliphatic carbocycles. The van der Waals surface area contributed by atoms with Gasteiger partial charge >= 0.3 is 0 Å². The van der Waals surface area contributed by atoms with Crippen LogP contribution in [0.5, 0.6) is 0 Å². The molecule has 1 amide bonds. The van der Waals surface area contributed by atoms with Gasteiger partial charge in [0.1, 0.15) is 11.5 Å². The summed E-state index contributed by atoms with van der Waals surface area (Å²) in [7, 11) is 0. The van der Waals surface area contributed by atoms with E-state index in [2.05, 4.69) is 37.6 Å². The van der Waals surface area contributed by atoms with E-state index < -0.39 is 0 Å². The van der Waals surface area contributed by atoms with E-state index >= 15 is 0 Å². The highest BCUT2D eigenvalue weighted by molar-refractivity contribution is 5.92. The molecule has 29 heavy (non-hydrogen) atoms. The molecule has 1 aliphatic heterocycles. The van der Waals surface area contributed by atoms with E-state index in [1.165, 1.54) is 5.69 Å². The molecule has 0 atom stereocenters. The molecule has 7 heteroatoms. The van der Waals surface area contributed by atoms with Gasteiger partial charge in [-0.05, 0) is 48.0 Å². The van der Waals surface area contributed by atoms with Crippen LogP contribution >= 0.6 is 0 Å². The SMILES string of the molecule is O=C(NCc1cccnc1)c1cccc(Nc2ccc(N3CCOCC3)cc2)n1. The molecule has 1 saturated heterocycles. The predicted molar refractivity (Wildman–Crippen MR) is 112 cm³/mol. The number of carbonyl (C=O) groups excluding carboxylic acids is 1. The maximum Gasteiger partial charge on any atom is 0.270 e. The van der Waals surface area contributed by atoms with Gasteiger partial charge in [0, 0.05) is 43.4 Å². The van der Waals surface area contributed by atoms with Crippen LogP contribution in [0.4, 0.5) is 17.2 Å².